The molecule has 2 aliphatic rings. The molecule has 2 aromatic rings. The smallest absolute Gasteiger partial charge is 0.134 e. The maximum absolute atomic E-state index is 9.49. The number of benzene rings is 1. The van der Waals surface area contributed by atoms with Crippen molar-refractivity contribution in [1.29, 1.82) is 0 Å². The fraction of sp³-hybridized carbons (Fsp3) is 0.444. The maximum atomic E-state index is 9.49. The zero-order valence-electron chi connectivity index (χ0n) is 13.6. The Balaban J connectivity index is 1.44. The van der Waals surface area contributed by atoms with Crippen molar-refractivity contribution in [3.05, 3.63) is 41.7 Å². The predicted octanol–water partition coefficient (Wildman–Crippen LogP) is 1.98. The maximum Gasteiger partial charge on any atom is 0.134 e. The number of nitrogens with one attached hydrogen (secondary N) is 1. The normalized spacial score (nSPS) is 19.2. The molecule has 1 atom stereocenters. The quantitative estimate of drug-likeness (QED) is 0.875. The molecule has 1 fully saturated rings. The average Bonchev–Trinajstić information content (AvgIpc) is 3.28. The van der Waals surface area contributed by atoms with E-state index in [0.29, 0.717) is 6.54 Å². The van der Waals surface area contributed by atoms with Gasteiger partial charge < -0.3 is 20.1 Å². The highest BCUT2D eigenvalue weighted by Crippen LogP contribution is 2.27. The van der Waals surface area contributed by atoms with E-state index in [1.165, 1.54) is 11.1 Å². The molecule has 3 heterocycles. The van der Waals surface area contributed by atoms with Crippen molar-refractivity contribution in [3.63, 3.8) is 0 Å². The Labute approximate surface area is 141 Å². The van der Waals surface area contributed by atoms with Crippen LogP contribution in [0.2, 0.25) is 0 Å². The number of hydrogen-bond acceptors (Lipinski definition) is 6. The predicted molar refractivity (Wildman–Crippen MR) is 92.5 cm³/mol. The Hall–Kier alpha value is -2.34. The highest BCUT2D eigenvalue weighted by molar-refractivity contribution is 5.50. The molecule has 6 nitrogen and oxygen atoms in total. The first-order valence-electron chi connectivity index (χ1n) is 8.51. The summed E-state index contributed by atoms with van der Waals surface area (Å²) in [6.45, 7) is 2.60. The van der Waals surface area contributed by atoms with E-state index in [-0.39, 0.29) is 12.6 Å². The van der Waals surface area contributed by atoms with Crippen molar-refractivity contribution in [2.24, 2.45) is 0 Å². The van der Waals surface area contributed by atoms with Gasteiger partial charge in [-0.2, -0.15) is 0 Å². The minimum Gasteiger partial charge on any atom is -0.493 e. The van der Waals surface area contributed by atoms with Crippen LogP contribution in [-0.4, -0.2) is 40.9 Å². The van der Waals surface area contributed by atoms with Crippen LogP contribution in [0.25, 0.3) is 0 Å². The minimum absolute atomic E-state index is 0.171. The number of hydrogen-bond donors (Lipinski definition) is 2. The van der Waals surface area contributed by atoms with Gasteiger partial charge in [-0.3, -0.25) is 0 Å². The highest BCUT2D eigenvalue weighted by Gasteiger charge is 2.25. The minimum atomic E-state index is 0.171. The second kappa shape index (κ2) is 6.65. The summed E-state index contributed by atoms with van der Waals surface area (Å²) >= 11 is 0. The third-order valence-corrected chi connectivity index (χ3v) is 4.76. The summed E-state index contributed by atoms with van der Waals surface area (Å²) in [5.74, 6) is 2.69. The van der Waals surface area contributed by atoms with Crippen LogP contribution in [0.3, 0.4) is 0 Å². The van der Waals surface area contributed by atoms with Crippen LogP contribution in [0.5, 0.6) is 5.75 Å². The monoisotopic (exact) mass is 326 g/mol. The number of rotatable bonds is 5. The fourth-order valence-corrected chi connectivity index (χ4v) is 3.47. The Morgan fingerprint density at radius 1 is 1.29 bits per heavy atom. The summed E-state index contributed by atoms with van der Waals surface area (Å²) < 4.78 is 5.54. The third-order valence-electron chi connectivity index (χ3n) is 4.76. The van der Waals surface area contributed by atoms with E-state index in [4.69, 9.17) is 4.74 Å². The first-order chi connectivity index (χ1) is 11.8. The van der Waals surface area contributed by atoms with Crippen LogP contribution in [0.1, 0.15) is 24.0 Å². The Kier molecular flexibility index (Phi) is 4.21. The van der Waals surface area contributed by atoms with Gasteiger partial charge in [0.2, 0.25) is 0 Å². The topological polar surface area (TPSA) is 70.5 Å². The van der Waals surface area contributed by atoms with Gasteiger partial charge in [-0.25, -0.2) is 9.97 Å². The van der Waals surface area contributed by atoms with E-state index in [1.807, 2.05) is 12.1 Å². The largest absolute Gasteiger partial charge is 0.493 e. The summed E-state index contributed by atoms with van der Waals surface area (Å²) in [4.78, 5) is 10.8. The standard InChI is InChI=1S/C18H22N4O2/c23-11-15-2-1-6-22(15)18-9-17(20-12-21-18)19-10-13-3-4-16-14(8-13)5-7-24-16/h3-4,8-9,12,15,23H,1-2,5-7,10-11H2,(H,19,20,21)/t15-/m1/s1. The van der Waals surface area contributed by atoms with Crippen molar-refractivity contribution in [1.82, 2.24) is 9.97 Å². The van der Waals surface area contributed by atoms with Crippen LogP contribution in [-0.2, 0) is 13.0 Å². The molecule has 126 valence electrons. The molecule has 0 bridgehead atoms. The van der Waals surface area contributed by atoms with Gasteiger partial charge in [0.25, 0.3) is 0 Å². The van der Waals surface area contributed by atoms with Crippen LogP contribution in [0, 0.1) is 0 Å². The first-order valence-corrected chi connectivity index (χ1v) is 8.51. The second-order valence-corrected chi connectivity index (χ2v) is 6.33. The molecule has 1 aromatic heterocycles. The molecule has 0 spiro atoms. The molecule has 0 aliphatic carbocycles. The Morgan fingerprint density at radius 3 is 3.17 bits per heavy atom. The number of aliphatic hydroxyl groups excluding tert-OH is 1. The van der Waals surface area contributed by atoms with E-state index in [1.54, 1.807) is 6.33 Å². The number of fused-ring (bicyclic) bond motifs is 1. The van der Waals surface area contributed by atoms with Crippen molar-refractivity contribution < 1.29 is 9.84 Å². The first kappa shape index (κ1) is 15.2. The van der Waals surface area contributed by atoms with Crippen molar-refractivity contribution in [2.75, 3.05) is 30.0 Å². The number of aromatic nitrogens is 2. The van der Waals surface area contributed by atoms with E-state index in [2.05, 4.69) is 32.3 Å². The molecule has 0 saturated carbocycles. The molecule has 0 unspecified atom stereocenters. The Morgan fingerprint density at radius 2 is 2.25 bits per heavy atom. The SMILES string of the molecule is OC[C@H]1CCCN1c1cc(NCc2ccc3c(c2)CCO3)ncn1. The molecule has 2 N–H and O–H groups in total. The van der Waals surface area contributed by atoms with Gasteiger partial charge in [-0.15, -0.1) is 0 Å². The van der Waals surface area contributed by atoms with Crippen LogP contribution < -0.4 is 15.0 Å². The summed E-state index contributed by atoms with van der Waals surface area (Å²) in [7, 11) is 0. The van der Waals surface area contributed by atoms with E-state index in [9.17, 15) is 5.11 Å². The van der Waals surface area contributed by atoms with Crippen LogP contribution in [0.15, 0.2) is 30.6 Å². The van der Waals surface area contributed by atoms with Gasteiger partial charge in [-0.05, 0) is 30.0 Å². The molecular formula is C18H22N4O2. The Bertz CT molecular complexity index is 722. The summed E-state index contributed by atoms with van der Waals surface area (Å²) in [5.41, 5.74) is 2.49. The lowest BCUT2D eigenvalue weighted by atomic mass is 10.1. The molecule has 6 heteroatoms. The zero-order chi connectivity index (χ0) is 16.4. The number of anilines is 2. The van der Waals surface area contributed by atoms with Crippen LogP contribution in [0.4, 0.5) is 11.6 Å². The van der Waals surface area contributed by atoms with Gasteiger partial charge >= 0.3 is 0 Å². The van der Waals surface area contributed by atoms with Crippen LogP contribution >= 0.6 is 0 Å². The molecular weight excluding hydrogens is 304 g/mol. The van der Waals surface area contributed by atoms with Gasteiger partial charge in [0.05, 0.1) is 19.3 Å². The van der Waals surface area contributed by atoms with E-state index >= 15 is 0 Å². The third kappa shape index (κ3) is 3.01. The molecule has 1 saturated heterocycles. The average molecular weight is 326 g/mol. The molecule has 0 amide bonds. The summed E-state index contributed by atoms with van der Waals surface area (Å²) in [6, 6.07) is 8.46. The van der Waals surface area contributed by atoms with E-state index in [0.717, 1.165) is 49.8 Å². The molecule has 24 heavy (non-hydrogen) atoms. The number of aliphatic hydroxyl groups is 1. The van der Waals surface area contributed by atoms with Gasteiger partial charge in [0.1, 0.15) is 23.7 Å². The van der Waals surface area contributed by atoms with Crippen molar-refractivity contribution in [2.45, 2.75) is 31.8 Å². The molecule has 1 aromatic carbocycles. The van der Waals surface area contributed by atoms with Gasteiger partial charge in [-0.1, -0.05) is 12.1 Å². The van der Waals surface area contributed by atoms with E-state index < -0.39 is 0 Å². The number of ether oxygens (including phenoxy) is 1. The summed E-state index contributed by atoms with van der Waals surface area (Å²) in [5, 5.41) is 12.9. The van der Waals surface area contributed by atoms with Crippen molar-refractivity contribution in [3.8, 4) is 5.75 Å². The van der Waals surface area contributed by atoms with Crippen molar-refractivity contribution >= 4 is 11.6 Å². The highest BCUT2D eigenvalue weighted by atomic mass is 16.5. The lowest BCUT2D eigenvalue weighted by molar-refractivity contribution is 0.266. The fourth-order valence-electron chi connectivity index (χ4n) is 3.47. The molecule has 2 aliphatic heterocycles. The summed E-state index contributed by atoms with van der Waals surface area (Å²) in [6.07, 6.45) is 4.68. The lowest BCUT2D eigenvalue weighted by Crippen LogP contribution is -2.32. The molecule has 0 radical (unpaired) electrons. The molecule has 4 rings (SSSR count). The number of nitrogens with zero attached hydrogens (tertiary/aromatic N) is 3. The van der Waals surface area contributed by atoms with Gasteiger partial charge in [0, 0.05) is 25.6 Å². The lowest BCUT2D eigenvalue weighted by Gasteiger charge is -2.24. The second-order valence-electron chi connectivity index (χ2n) is 6.33. The zero-order valence-corrected chi connectivity index (χ0v) is 13.6. The van der Waals surface area contributed by atoms with Gasteiger partial charge in [0.15, 0.2) is 0 Å².